The van der Waals surface area contributed by atoms with E-state index < -0.39 is 0 Å². The average molecular weight is 474 g/mol. The predicted molar refractivity (Wildman–Crippen MR) is 120 cm³/mol. The summed E-state index contributed by atoms with van der Waals surface area (Å²) in [7, 11) is 0. The molecule has 0 radical (unpaired) electrons. The lowest BCUT2D eigenvalue weighted by molar-refractivity contribution is 0.277. The molecule has 2 aliphatic rings. The van der Waals surface area contributed by atoms with E-state index in [0.29, 0.717) is 12.5 Å². The molecule has 2 aliphatic heterocycles. The maximum Gasteiger partial charge on any atom is 0.191 e. The minimum absolute atomic E-state index is 0. The van der Waals surface area contributed by atoms with Gasteiger partial charge in [0.15, 0.2) is 5.96 Å². The molecule has 0 saturated carbocycles. The molecule has 0 atom stereocenters. The Labute approximate surface area is 173 Å². The molecule has 0 unspecified atom stereocenters. The molecular weight excluding hydrogens is 443 g/mol. The van der Waals surface area contributed by atoms with Crippen LogP contribution in [0, 0.1) is 0 Å². The third-order valence-corrected chi connectivity index (χ3v) is 5.80. The van der Waals surface area contributed by atoms with Crippen LogP contribution >= 0.6 is 35.7 Å². The summed E-state index contributed by atoms with van der Waals surface area (Å²) in [5.41, 5.74) is 8.82. The van der Waals surface area contributed by atoms with Gasteiger partial charge in [0, 0.05) is 31.1 Å². The van der Waals surface area contributed by atoms with E-state index in [0.717, 1.165) is 31.1 Å². The normalized spacial score (nSPS) is 20.0. The lowest BCUT2D eigenvalue weighted by Crippen LogP contribution is -2.42. The Morgan fingerprint density at radius 1 is 1.00 bits per heavy atom. The summed E-state index contributed by atoms with van der Waals surface area (Å²) >= 11 is 1.99. The van der Waals surface area contributed by atoms with Crippen molar-refractivity contribution in [1.82, 2.24) is 9.80 Å². The Morgan fingerprint density at radius 3 is 2.40 bits per heavy atom. The van der Waals surface area contributed by atoms with Gasteiger partial charge in [0.2, 0.25) is 0 Å². The summed E-state index contributed by atoms with van der Waals surface area (Å²) in [4.78, 5) is 9.42. The maximum atomic E-state index is 6.16. The van der Waals surface area contributed by atoms with E-state index in [1.165, 1.54) is 49.9 Å². The molecule has 1 aromatic rings. The molecule has 0 spiro atoms. The van der Waals surface area contributed by atoms with Crippen LogP contribution in [0.2, 0.25) is 0 Å². The minimum atomic E-state index is 0. The van der Waals surface area contributed by atoms with Crippen LogP contribution in [0.3, 0.4) is 0 Å². The van der Waals surface area contributed by atoms with Crippen LogP contribution in [0.1, 0.15) is 36.8 Å². The maximum absolute atomic E-state index is 6.16. The summed E-state index contributed by atoms with van der Waals surface area (Å²) in [6.45, 7) is 6.27. The predicted octanol–water partition coefficient (Wildman–Crippen LogP) is 3.54. The number of halogens is 1. The van der Waals surface area contributed by atoms with Gasteiger partial charge in [-0.25, -0.2) is 4.99 Å². The SMILES string of the molecule is I.NC(=NCc1cccc(CN2CCCCCC2)c1)N1CCSCC1. The molecule has 2 fully saturated rings. The molecular formula is C19H31IN4S. The van der Waals surface area contributed by atoms with Crippen molar-refractivity contribution in [3.05, 3.63) is 35.4 Å². The van der Waals surface area contributed by atoms with Gasteiger partial charge >= 0.3 is 0 Å². The molecule has 4 nitrogen and oxygen atoms in total. The third kappa shape index (κ3) is 6.98. The van der Waals surface area contributed by atoms with Crippen LogP contribution in [0.5, 0.6) is 0 Å². The molecule has 25 heavy (non-hydrogen) atoms. The average Bonchev–Trinajstić information content (AvgIpc) is 2.89. The number of hydrogen-bond acceptors (Lipinski definition) is 3. The quantitative estimate of drug-likeness (QED) is 0.412. The van der Waals surface area contributed by atoms with E-state index in [9.17, 15) is 0 Å². The highest BCUT2D eigenvalue weighted by molar-refractivity contribution is 14.0. The molecule has 6 heteroatoms. The smallest absolute Gasteiger partial charge is 0.191 e. The molecule has 1 aromatic carbocycles. The highest BCUT2D eigenvalue weighted by Crippen LogP contribution is 2.15. The number of hydrogen-bond donors (Lipinski definition) is 1. The van der Waals surface area contributed by atoms with Crippen LogP contribution in [0.4, 0.5) is 0 Å². The number of aliphatic imine (C=N–C) groups is 1. The van der Waals surface area contributed by atoms with Crippen LogP contribution in [-0.4, -0.2) is 53.4 Å². The van der Waals surface area contributed by atoms with E-state index in [1.54, 1.807) is 0 Å². The van der Waals surface area contributed by atoms with Crippen molar-refractivity contribution in [2.45, 2.75) is 38.8 Å². The Morgan fingerprint density at radius 2 is 1.68 bits per heavy atom. The molecule has 2 N–H and O–H groups in total. The van der Waals surface area contributed by atoms with Crippen molar-refractivity contribution in [3.63, 3.8) is 0 Å². The van der Waals surface area contributed by atoms with Gasteiger partial charge in [0.05, 0.1) is 6.54 Å². The lowest BCUT2D eigenvalue weighted by atomic mass is 10.1. The fourth-order valence-electron chi connectivity index (χ4n) is 3.44. The first-order valence-corrected chi connectivity index (χ1v) is 10.4. The number of likely N-dealkylation sites (tertiary alicyclic amines) is 1. The minimum Gasteiger partial charge on any atom is -0.370 e. The monoisotopic (exact) mass is 474 g/mol. The number of nitrogens with zero attached hydrogens (tertiary/aromatic N) is 3. The Bertz CT molecular complexity index is 538. The number of nitrogens with two attached hydrogens (primary N) is 1. The first kappa shape index (κ1) is 20.8. The Kier molecular flexibility index (Phi) is 9.41. The second-order valence-corrected chi connectivity index (χ2v) is 8.01. The van der Waals surface area contributed by atoms with Crippen LogP contribution < -0.4 is 5.73 Å². The Balaban J connectivity index is 0.00000225. The summed E-state index contributed by atoms with van der Waals surface area (Å²) in [6, 6.07) is 8.86. The van der Waals surface area contributed by atoms with Crippen molar-refractivity contribution in [2.75, 3.05) is 37.7 Å². The van der Waals surface area contributed by atoms with Crippen molar-refractivity contribution in [3.8, 4) is 0 Å². The van der Waals surface area contributed by atoms with Crippen LogP contribution in [-0.2, 0) is 13.1 Å². The summed E-state index contributed by atoms with van der Waals surface area (Å²) < 4.78 is 0. The van der Waals surface area contributed by atoms with Crippen molar-refractivity contribution in [1.29, 1.82) is 0 Å². The van der Waals surface area contributed by atoms with Gasteiger partial charge < -0.3 is 10.6 Å². The van der Waals surface area contributed by atoms with Gasteiger partial charge in [-0.1, -0.05) is 37.1 Å². The summed E-state index contributed by atoms with van der Waals surface area (Å²) in [5, 5.41) is 0. The van der Waals surface area contributed by atoms with Crippen LogP contribution in [0.15, 0.2) is 29.3 Å². The zero-order valence-electron chi connectivity index (χ0n) is 15.0. The van der Waals surface area contributed by atoms with E-state index >= 15 is 0 Å². The zero-order chi connectivity index (χ0) is 16.6. The van der Waals surface area contributed by atoms with Crippen molar-refractivity contribution in [2.24, 2.45) is 10.7 Å². The summed E-state index contributed by atoms with van der Waals surface area (Å²) in [5.74, 6) is 3.01. The molecule has 3 rings (SSSR count). The van der Waals surface area contributed by atoms with Gasteiger partial charge in [0.25, 0.3) is 0 Å². The van der Waals surface area contributed by atoms with E-state index in [2.05, 4.69) is 39.1 Å². The van der Waals surface area contributed by atoms with Gasteiger partial charge in [0.1, 0.15) is 0 Å². The second kappa shape index (κ2) is 11.3. The molecule has 0 aromatic heterocycles. The molecule has 140 valence electrons. The zero-order valence-corrected chi connectivity index (χ0v) is 18.2. The highest BCUT2D eigenvalue weighted by Gasteiger charge is 2.12. The number of rotatable bonds is 4. The first-order valence-electron chi connectivity index (χ1n) is 9.24. The molecule has 2 heterocycles. The topological polar surface area (TPSA) is 44.9 Å². The lowest BCUT2D eigenvalue weighted by Gasteiger charge is -2.27. The molecule has 0 bridgehead atoms. The molecule has 2 saturated heterocycles. The van der Waals surface area contributed by atoms with Gasteiger partial charge in [-0.3, -0.25) is 4.90 Å². The number of guanidine groups is 1. The van der Waals surface area contributed by atoms with Gasteiger partial charge in [-0.15, -0.1) is 24.0 Å². The highest BCUT2D eigenvalue weighted by atomic mass is 127. The Hall–Kier alpha value is -0.470. The summed E-state index contributed by atoms with van der Waals surface area (Å²) in [6.07, 6.45) is 5.46. The van der Waals surface area contributed by atoms with Crippen molar-refractivity contribution < 1.29 is 0 Å². The number of benzene rings is 1. The molecule has 0 aliphatic carbocycles. The third-order valence-electron chi connectivity index (χ3n) is 4.85. The fraction of sp³-hybridized carbons (Fsp3) is 0.632. The standard InChI is InChI=1S/C19H30N4S.HI/c20-19(23-10-12-24-13-11-23)21-15-17-6-5-7-18(14-17)16-22-8-3-1-2-4-9-22;/h5-7,14H,1-4,8-13,15-16H2,(H2,20,21);1H. The van der Waals surface area contributed by atoms with Crippen LogP contribution in [0.25, 0.3) is 0 Å². The van der Waals surface area contributed by atoms with E-state index in [1.807, 2.05) is 11.8 Å². The molecule has 0 amide bonds. The van der Waals surface area contributed by atoms with E-state index in [-0.39, 0.29) is 24.0 Å². The van der Waals surface area contributed by atoms with Gasteiger partial charge in [-0.2, -0.15) is 11.8 Å². The van der Waals surface area contributed by atoms with Crippen molar-refractivity contribution >= 4 is 41.7 Å². The second-order valence-electron chi connectivity index (χ2n) is 6.78. The van der Waals surface area contributed by atoms with E-state index in [4.69, 9.17) is 5.73 Å². The fourth-order valence-corrected chi connectivity index (χ4v) is 4.35. The van der Waals surface area contributed by atoms with Gasteiger partial charge in [-0.05, 0) is 37.1 Å². The number of thioether (sulfide) groups is 1. The largest absolute Gasteiger partial charge is 0.370 e. The first-order chi connectivity index (χ1) is 11.8.